The van der Waals surface area contributed by atoms with E-state index in [2.05, 4.69) is 20.3 Å². The molecule has 24 heavy (non-hydrogen) atoms. The molecule has 1 atom stereocenters. The first-order valence-corrected chi connectivity index (χ1v) is 7.41. The summed E-state index contributed by atoms with van der Waals surface area (Å²) in [5.74, 6) is -0.425. The Hall–Kier alpha value is -2.81. The van der Waals surface area contributed by atoms with Crippen molar-refractivity contribution in [2.45, 2.75) is 25.6 Å². The molecule has 0 spiro atoms. The topological polar surface area (TPSA) is 112 Å². The quantitative estimate of drug-likeness (QED) is 0.793. The number of benzene rings is 1. The van der Waals surface area contributed by atoms with Gasteiger partial charge in [-0.2, -0.15) is 15.0 Å². The van der Waals surface area contributed by atoms with Crippen LogP contribution in [0.1, 0.15) is 18.7 Å². The molecular weight excluding hydrogens is 317 g/mol. The minimum absolute atomic E-state index is 0.0159. The van der Waals surface area contributed by atoms with E-state index in [1.54, 1.807) is 0 Å². The molecule has 3 N–H and O–H groups in total. The average Bonchev–Trinajstić information content (AvgIpc) is 3.09. The molecule has 3 rings (SSSR count). The smallest absolute Gasteiger partial charge is 0.335 e. The Morgan fingerprint density at radius 3 is 2.83 bits per heavy atom. The van der Waals surface area contributed by atoms with Crippen molar-refractivity contribution in [3.8, 4) is 0 Å². The van der Waals surface area contributed by atoms with Crippen molar-refractivity contribution in [1.29, 1.82) is 0 Å². The first-order valence-electron chi connectivity index (χ1n) is 7.41. The Bertz CT molecular complexity index is 720. The van der Waals surface area contributed by atoms with Crippen LogP contribution in [-0.2, 0) is 20.9 Å². The van der Waals surface area contributed by atoms with Crippen LogP contribution in [0, 0.1) is 5.82 Å². The van der Waals surface area contributed by atoms with Gasteiger partial charge in [-0.25, -0.2) is 9.18 Å². The van der Waals surface area contributed by atoms with E-state index in [1.165, 1.54) is 24.3 Å². The number of carbonyl (C=O) groups excluding carboxylic acids is 1. The number of nitrogen functional groups attached to an aromatic ring is 1. The largest absolute Gasteiger partial charge is 0.456 e. The third-order valence-corrected chi connectivity index (χ3v) is 3.34. The highest BCUT2D eigenvalue weighted by molar-refractivity contribution is 5.74. The summed E-state index contributed by atoms with van der Waals surface area (Å²) in [7, 11) is 0. The fraction of sp³-hybridized carbons (Fsp3) is 0.333. The SMILES string of the molecule is Nc1nc(COC(=O)C2CCCO2)nc(Nc2ccc(F)cc2)n1. The highest BCUT2D eigenvalue weighted by Gasteiger charge is 2.25. The Morgan fingerprint density at radius 1 is 1.33 bits per heavy atom. The van der Waals surface area contributed by atoms with Crippen LogP contribution < -0.4 is 11.1 Å². The summed E-state index contributed by atoms with van der Waals surface area (Å²) >= 11 is 0. The Morgan fingerprint density at radius 2 is 2.12 bits per heavy atom. The molecule has 0 aliphatic carbocycles. The van der Waals surface area contributed by atoms with Gasteiger partial charge in [-0.1, -0.05) is 0 Å². The van der Waals surface area contributed by atoms with Gasteiger partial charge in [0.05, 0.1) is 0 Å². The third-order valence-electron chi connectivity index (χ3n) is 3.34. The lowest BCUT2D eigenvalue weighted by Crippen LogP contribution is -2.22. The number of carbonyl (C=O) groups is 1. The van der Waals surface area contributed by atoms with Gasteiger partial charge in [0.2, 0.25) is 11.9 Å². The van der Waals surface area contributed by atoms with Gasteiger partial charge in [0.25, 0.3) is 0 Å². The predicted molar refractivity (Wildman–Crippen MR) is 82.7 cm³/mol. The van der Waals surface area contributed by atoms with Crippen LogP contribution in [0.3, 0.4) is 0 Å². The first kappa shape index (κ1) is 16.1. The maximum Gasteiger partial charge on any atom is 0.335 e. The molecule has 8 nitrogen and oxygen atoms in total. The minimum Gasteiger partial charge on any atom is -0.456 e. The maximum absolute atomic E-state index is 12.9. The van der Waals surface area contributed by atoms with Gasteiger partial charge in [-0.3, -0.25) is 0 Å². The molecule has 2 aromatic rings. The van der Waals surface area contributed by atoms with Crippen LogP contribution in [0.4, 0.5) is 22.0 Å². The fourth-order valence-corrected chi connectivity index (χ4v) is 2.21. The monoisotopic (exact) mass is 333 g/mol. The fourth-order valence-electron chi connectivity index (χ4n) is 2.21. The maximum atomic E-state index is 12.9. The lowest BCUT2D eigenvalue weighted by molar-refractivity contribution is -0.155. The third kappa shape index (κ3) is 4.13. The lowest BCUT2D eigenvalue weighted by Gasteiger charge is -2.10. The van der Waals surface area contributed by atoms with Crippen LogP contribution in [-0.4, -0.2) is 33.6 Å². The first-order chi connectivity index (χ1) is 11.6. The van der Waals surface area contributed by atoms with Gasteiger partial charge in [-0.05, 0) is 37.1 Å². The van der Waals surface area contributed by atoms with Crippen LogP contribution in [0.2, 0.25) is 0 Å². The standard InChI is InChI=1S/C15H16FN5O3/c16-9-3-5-10(6-4-9)18-15-20-12(19-14(17)21-15)8-24-13(22)11-2-1-7-23-11/h3-6,11H,1-2,7-8H2,(H3,17,18,19,20,21). The molecule has 2 heterocycles. The van der Waals surface area contributed by atoms with Crippen LogP contribution in [0.15, 0.2) is 24.3 Å². The Balaban J connectivity index is 1.64. The van der Waals surface area contributed by atoms with Gasteiger partial charge in [-0.15, -0.1) is 0 Å². The van der Waals surface area contributed by atoms with Crippen molar-refractivity contribution < 1.29 is 18.7 Å². The molecule has 0 amide bonds. The normalized spacial score (nSPS) is 16.8. The molecule has 0 bridgehead atoms. The number of hydrogen-bond donors (Lipinski definition) is 2. The minimum atomic E-state index is -0.527. The number of esters is 1. The van der Waals surface area contributed by atoms with Crippen LogP contribution >= 0.6 is 0 Å². The number of nitrogens with one attached hydrogen (secondary N) is 1. The molecule has 1 aromatic carbocycles. The van der Waals surface area contributed by atoms with Crippen molar-refractivity contribution in [2.75, 3.05) is 17.7 Å². The zero-order valence-corrected chi connectivity index (χ0v) is 12.7. The van der Waals surface area contributed by atoms with Crippen molar-refractivity contribution in [2.24, 2.45) is 0 Å². The summed E-state index contributed by atoms with van der Waals surface area (Å²) in [5, 5.41) is 2.88. The van der Waals surface area contributed by atoms with Crippen molar-refractivity contribution in [3.63, 3.8) is 0 Å². The van der Waals surface area contributed by atoms with E-state index in [4.69, 9.17) is 15.2 Å². The van der Waals surface area contributed by atoms with Crippen molar-refractivity contribution >= 4 is 23.6 Å². The molecule has 0 saturated carbocycles. The molecule has 1 saturated heterocycles. The van der Waals surface area contributed by atoms with Gasteiger partial charge < -0.3 is 20.5 Å². The van der Waals surface area contributed by atoms with E-state index < -0.39 is 12.1 Å². The number of halogens is 1. The summed E-state index contributed by atoms with van der Waals surface area (Å²) in [6.07, 6.45) is 0.959. The molecule has 1 aromatic heterocycles. The van der Waals surface area contributed by atoms with Gasteiger partial charge >= 0.3 is 5.97 Å². The van der Waals surface area contributed by atoms with E-state index in [0.29, 0.717) is 18.7 Å². The summed E-state index contributed by atoms with van der Waals surface area (Å²) in [4.78, 5) is 23.8. The second-order valence-corrected chi connectivity index (χ2v) is 5.17. The number of anilines is 3. The molecular formula is C15H16FN5O3. The van der Waals surface area contributed by atoms with Crippen molar-refractivity contribution in [1.82, 2.24) is 15.0 Å². The summed E-state index contributed by atoms with van der Waals surface area (Å²) < 4.78 is 23.3. The summed E-state index contributed by atoms with van der Waals surface area (Å²) in [6, 6.07) is 5.67. The zero-order valence-electron chi connectivity index (χ0n) is 12.7. The van der Waals surface area contributed by atoms with E-state index in [0.717, 1.165) is 6.42 Å². The highest BCUT2D eigenvalue weighted by Crippen LogP contribution is 2.16. The number of rotatable bonds is 5. The molecule has 1 unspecified atom stereocenters. The van der Waals surface area contributed by atoms with Crippen LogP contribution in [0.25, 0.3) is 0 Å². The molecule has 1 aliphatic heterocycles. The second kappa shape index (κ2) is 7.18. The van der Waals surface area contributed by atoms with E-state index in [9.17, 15) is 9.18 Å². The van der Waals surface area contributed by atoms with Gasteiger partial charge in [0, 0.05) is 12.3 Å². The Kier molecular flexibility index (Phi) is 4.80. The number of aromatic nitrogens is 3. The van der Waals surface area contributed by atoms with E-state index in [1.807, 2.05) is 0 Å². The highest BCUT2D eigenvalue weighted by atomic mass is 19.1. The number of nitrogens with two attached hydrogens (primary N) is 1. The lowest BCUT2D eigenvalue weighted by atomic mass is 10.2. The molecule has 1 aliphatic rings. The van der Waals surface area contributed by atoms with E-state index >= 15 is 0 Å². The predicted octanol–water partition coefficient (Wildman–Crippen LogP) is 1.56. The molecule has 0 radical (unpaired) electrons. The molecule has 126 valence electrons. The molecule has 9 heteroatoms. The van der Waals surface area contributed by atoms with Crippen LogP contribution in [0.5, 0.6) is 0 Å². The summed E-state index contributed by atoms with van der Waals surface area (Å²) in [6.45, 7) is 0.424. The van der Waals surface area contributed by atoms with Gasteiger partial charge in [0.15, 0.2) is 18.5 Å². The Labute approximate surface area is 137 Å². The zero-order chi connectivity index (χ0) is 16.9. The summed E-state index contributed by atoms with van der Waals surface area (Å²) in [5.41, 5.74) is 6.23. The average molecular weight is 333 g/mol. The van der Waals surface area contributed by atoms with Gasteiger partial charge in [0.1, 0.15) is 5.82 Å². The van der Waals surface area contributed by atoms with E-state index in [-0.39, 0.29) is 30.1 Å². The molecule has 1 fully saturated rings. The second-order valence-electron chi connectivity index (χ2n) is 5.17. The number of nitrogens with zero attached hydrogens (tertiary/aromatic N) is 3. The van der Waals surface area contributed by atoms with Crippen molar-refractivity contribution in [3.05, 3.63) is 35.9 Å². The number of hydrogen-bond acceptors (Lipinski definition) is 8. The number of ether oxygens (including phenoxy) is 2.